The number of amides is 1. The monoisotopic (exact) mass is 465 g/mol. The zero-order chi connectivity index (χ0) is 21.5. The summed E-state index contributed by atoms with van der Waals surface area (Å²) in [5.41, 5.74) is 0.828. The van der Waals surface area contributed by atoms with Gasteiger partial charge in [0.25, 0.3) is 5.91 Å². The number of hydrogen-bond acceptors (Lipinski definition) is 5. The Balaban J connectivity index is 0.00000341. The molecule has 168 valence electrons. The van der Waals surface area contributed by atoms with E-state index in [1.54, 1.807) is 23.1 Å². The van der Waals surface area contributed by atoms with Gasteiger partial charge in [-0.15, -0.1) is 12.4 Å². The maximum atomic E-state index is 14.1. The molecular weight excluding hydrogens is 437 g/mol. The third-order valence-electron chi connectivity index (χ3n) is 4.70. The van der Waals surface area contributed by atoms with Gasteiger partial charge in [-0.2, -0.15) is 0 Å². The van der Waals surface area contributed by atoms with Crippen LogP contribution in [-0.2, 0) is 0 Å². The molecule has 1 heterocycles. The molecule has 3 rings (SSSR count). The minimum absolute atomic E-state index is 0. The number of hydrogen-bond donors (Lipinski definition) is 0. The second-order valence-corrected chi connectivity index (χ2v) is 8.44. The van der Waals surface area contributed by atoms with Crippen molar-refractivity contribution in [1.82, 2.24) is 9.88 Å². The van der Waals surface area contributed by atoms with Crippen molar-refractivity contribution in [1.29, 1.82) is 0 Å². The molecule has 0 aliphatic heterocycles. The smallest absolute Gasteiger partial charge is 0.260 e. The summed E-state index contributed by atoms with van der Waals surface area (Å²) >= 11 is 1.32. The molecule has 31 heavy (non-hydrogen) atoms. The summed E-state index contributed by atoms with van der Waals surface area (Å²) in [6, 6.07) is 12.1. The van der Waals surface area contributed by atoms with Gasteiger partial charge in [-0.1, -0.05) is 43.2 Å². The molecule has 0 radical (unpaired) electrons. The van der Waals surface area contributed by atoms with Crippen molar-refractivity contribution >= 4 is 45.0 Å². The molecule has 0 aliphatic carbocycles. The summed E-state index contributed by atoms with van der Waals surface area (Å²) in [5.74, 6) is 0.132. The first-order valence-corrected chi connectivity index (χ1v) is 11.1. The minimum atomic E-state index is -0.377. The second kappa shape index (κ2) is 12.0. The third-order valence-corrected chi connectivity index (χ3v) is 5.75. The van der Waals surface area contributed by atoms with E-state index in [-0.39, 0.29) is 24.1 Å². The highest BCUT2D eigenvalue weighted by atomic mass is 35.5. The number of nitrogens with zero attached hydrogens (tertiary/aromatic N) is 3. The molecule has 0 atom stereocenters. The zero-order valence-electron chi connectivity index (χ0n) is 18.1. The van der Waals surface area contributed by atoms with Crippen molar-refractivity contribution in [2.75, 3.05) is 38.7 Å². The fourth-order valence-electron chi connectivity index (χ4n) is 3.02. The van der Waals surface area contributed by atoms with Crippen molar-refractivity contribution in [2.45, 2.75) is 26.2 Å². The van der Waals surface area contributed by atoms with Crippen molar-refractivity contribution in [3.05, 3.63) is 53.8 Å². The van der Waals surface area contributed by atoms with Gasteiger partial charge in [-0.25, -0.2) is 9.37 Å². The maximum Gasteiger partial charge on any atom is 0.260 e. The summed E-state index contributed by atoms with van der Waals surface area (Å²) in [6.07, 6.45) is 3.23. The molecule has 1 aromatic heterocycles. The number of thiazole rings is 1. The summed E-state index contributed by atoms with van der Waals surface area (Å²) < 4.78 is 20.7. The van der Waals surface area contributed by atoms with Crippen molar-refractivity contribution in [3.8, 4) is 5.75 Å². The molecule has 0 aliphatic rings. The highest BCUT2D eigenvalue weighted by molar-refractivity contribution is 7.22. The number of rotatable bonds is 10. The fourth-order valence-corrected chi connectivity index (χ4v) is 4.02. The van der Waals surface area contributed by atoms with Crippen LogP contribution >= 0.6 is 23.7 Å². The van der Waals surface area contributed by atoms with E-state index >= 15 is 0 Å². The standard InChI is InChI=1S/C23H28FN3O2S.ClH/c1-4-5-6-15-29-18-10-7-9-17(16-18)22(28)27(14-13-26(2)3)23-25-21-19(24)11-8-12-20(21)30-23;/h7-12,16H,4-6,13-15H2,1-3H3;1H. The van der Waals surface area contributed by atoms with Crippen molar-refractivity contribution in [3.63, 3.8) is 0 Å². The highest BCUT2D eigenvalue weighted by Crippen LogP contribution is 2.31. The number of para-hydroxylation sites is 1. The summed E-state index contributed by atoms with van der Waals surface area (Å²) in [7, 11) is 3.90. The van der Waals surface area contributed by atoms with Crippen LogP contribution in [-0.4, -0.2) is 49.6 Å². The predicted octanol–water partition coefficient (Wildman–Crippen LogP) is 5.63. The molecule has 2 aromatic carbocycles. The van der Waals surface area contributed by atoms with Crippen LogP contribution in [0.1, 0.15) is 36.5 Å². The quantitative estimate of drug-likeness (QED) is 0.364. The summed E-state index contributed by atoms with van der Waals surface area (Å²) in [6.45, 7) is 3.90. The Morgan fingerprint density at radius 2 is 1.90 bits per heavy atom. The highest BCUT2D eigenvalue weighted by Gasteiger charge is 2.22. The fraction of sp³-hybridized carbons (Fsp3) is 0.391. The molecule has 3 aromatic rings. The molecule has 0 saturated carbocycles. The Bertz CT molecular complexity index is 996. The average Bonchev–Trinajstić information content (AvgIpc) is 3.16. The SMILES string of the molecule is CCCCCOc1cccc(C(=O)N(CCN(C)C)c2nc3c(F)cccc3s2)c1.Cl. The predicted molar refractivity (Wildman–Crippen MR) is 129 cm³/mol. The number of carbonyl (C=O) groups is 1. The normalized spacial score (nSPS) is 10.9. The van der Waals surface area contributed by atoms with Crippen LogP contribution in [0.4, 0.5) is 9.52 Å². The van der Waals surface area contributed by atoms with E-state index < -0.39 is 0 Å². The number of carbonyl (C=O) groups excluding carboxylic acids is 1. The van der Waals surface area contributed by atoms with E-state index in [1.807, 2.05) is 37.2 Å². The largest absolute Gasteiger partial charge is 0.494 e. The van der Waals surface area contributed by atoms with Gasteiger partial charge < -0.3 is 9.64 Å². The average molecular weight is 466 g/mol. The number of fused-ring (bicyclic) bond motifs is 1. The number of halogens is 2. The number of aromatic nitrogens is 1. The number of ether oxygens (including phenoxy) is 1. The second-order valence-electron chi connectivity index (χ2n) is 7.43. The molecule has 0 saturated heterocycles. The van der Waals surface area contributed by atoms with E-state index in [2.05, 4.69) is 11.9 Å². The van der Waals surface area contributed by atoms with E-state index in [9.17, 15) is 9.18 Å². The van der Waals surface area contributed by atoms with Crippen LogP contribution in [0.15, 0.2) is 42.5 Å². The number of anilines is 1. The van der Waals surface area contributed by atoms with Gasteiger partial charge in [0.15, 0.2) is 5.13 Å². The van der Waals surface area contributed by atoms with Gasteiger partial charge >= 0.3 is 0 Å². The van der Waals surface area contributed by atoms with Crippen LogP contribution < -0.4 is 9.64 Å². The van der Waals surface area contributed by atoms with Crippen LogP contribution in [0.3, 0.4) is 0 Å². The minimum Gasteiger partial charge on any atom is -0.494 e. The lowest BCUT2D eigenvalue weighted by atomic mass is 10.2. The summed E-state index contributed by atoms with van der Waals surface area (Å²) in [5, 5.41) is 0.496. The number of likely N-dealkylation sites (N-methyl/N-ethyl adjacent to an activating group) is 1. The van der Waals surface area contributed by atoms with Gasteiger partial charge in [0.2, 0.25) is 0 Å². The van der Waals surface area contributed by atoms with Crippen LogP contribution in [0.5, 0.6) is 5.75 Å². The van der Waals surface area contributed by atoms with E-state index in [0.717, 1.165) is 24.0 Å². The first-order chi connectivity index (χ1) is 14.5. The molecule has 1 amide bonds. The van der Waals surface area contributed by atoms with Gasteiger partial charge in [0, 0.05) is 18.7 Å². The lowest BCUT2D eigenvalue weighted by Crippen LogP contribution is -2.36. The Labute approximate surface area is 193 Å². The topological polar surface area (TPSA) is 45.7 Å². The lowest BCUT2D eigenvalue weighted by Gasteiger charge is -2.22. The molecule has 0 N–H and O–H groups in total. The Hall–Kier alpha value is -2.22. The van der Waals surface area contributed by atoms with E-state index in [1.165, 1.54) is 17.4 Å². The summed E-state index contributed by atoms with van der Waals surface area (Å²) in [4.78, 5) is 21.4. The molecular formula is C23H29ClFN3O2S. The van der Waals surface area contributed by atoms with E-state index in [0.29, 0.717) is 41.7 Å². The van der Waals surface area contributed by atoms with Crippen LogP contribution in [0.25, 0.3) is 10.2 Å². The molecule has 5 nitrogen and oxygen atoms in total. The maximum absolute atomic E-state index is 14.1. The first kappa shape index (κ1) is 25.0. The van der Waals surface area contributed by atoms with Crippen LogP contribution in [0.2, 0.25) is 0 Å². The third kappa shape index (κ3) is 6.63. The van der Waals surface area contributed by atoms with Crippen LogP contribution in [0, 0.1) is 5.82 Å². The van der Waals surface area contributed by atoms with E-state index in [4.69, 9.17) is 4.74 Å². The first-order valence-electron chi connectivity index (χ1n) is 10.2. The lowest BCUT2D eigenvalue weighted by molar-refractivity contribution is 0.0984. The van der Waals surface area contributed by atoms with Gasteiger partial charge in [-0.3, -0.25) is 9.69 Å². The Morgan fingerprint density at radius 1 is 1.13 bits per heavy atom. The molecule has 0 unspecified atom stereocenters. The molecule has 8 heteroatoms. The van der Waals surface area contributed by atoms with Gasteiger partial charge in [0.05, 0.1) is 11.3 Å². The Morgan fingerprint density at radius 3 is 2.61 bits per heavy atom. The Kier molecular flexibility index (Phi) is 9.68. The molecule has 0 fully saturated rings. The van der Waals surface area contributed by atoms with Gasteiger partial charge in [-0.05, 0) is 50.8 Å². The van der Waals surface area contributed by atoms with Crippen molar-refractivity contribution in [2.24, 2.45) is 0 Å². The number of unbranched alkanes of at least 4 members (excludes halogenated alkanes) is 2. The molecule has 0 bridgehead atoms. The molecule has 0 spiro atoms. The van der Waals surface area contributed by atoms with Crippen molar-refractivity contribution < 1.29 is 13.9 Å². The zero-order valence-corrected chi connectivity index (χ0v) is 19.8. The number of benzene rings is 2. The van der Waals surface area contributed by atoms with Gasteiger partial charge in [0.1, 0.15) is 17.1 Å².